The van der Waals surface area contributed by atoms with Crippen molar-refractivity contribution in [3.05, 3.63) is 30.5 Å². The number of amides is 2. The zero-order valence-electron chi connectivity index (χ0n) is 13.4. The Morgan fingerprint density at radius 1 is 1.29 bits per heavy atom. The summed E-state index contributed by atoms with van der Waals surface area (Å²) in [6.07, 6.45) is 3.95. The monoisotopic (exact) mass is 327 g/mol. The number of nitrogens with zero attached hydrogens (tertiary/aromatic N) is 3. The Kier molecular flexibility index (Phi) is 3.93. The van der Waals surface area contributed by atoms with Crippen LogP contribution in [-0.2, 0) is 16.1 Å². The van der Waals surface area contributed by atoms with Gasteiger partial charge in [-0.05, 0) is 18.9 Å². The van der Waals surface area contributed by atoms with E-state index in [1.807, 2.05) is 30.5 Å². The molecule has 0 bridgehead atoms. The molecule has 2 aromatic rings. The zero-order valence-corrected chi connectivity index (χ0v) is 13.4. The summed E-state index contributed by atoms with van der Waals surface area (Å²) in [4.78, 5) is 26.8. The largest absolute Gasteiger partial charge is 0.352 e. The summed E-state index contributed by atoms with van der Waals surface area (Å²) in [5, 5.41) is 11.6. The molecule has 2 N–H and O–H groups in total. The Morgan fingerprint density at radius 2 is 2.12 bits per heavy atom. The smallest absolute Gasteiger partial charge is 0.245 e. The first-order chi connectivity index (χ1) is 11.7. The number of hydrogen-bond donors (Lipinski definition) is 2. The molecule has 126 valence electrons. The van der Waals surface area contributed by atoms with Crippen LogP contribution in [0.15, 0.2) is 30.5 Å². The molecule has 1 unspecified atom stereocenters. The molecule has 2 amide bonds. The van der Waals surface area contributed by atoms with Gasteiger partial charge >= 0.3 is 0 Å². The van der Waals surface area contributed by atoms with Crippen LogP contribution < -0.4 is 10.6 Å². The molecule has 24 heavy (non-hydrogen) atoms. The van der Waals surface area contributed by atoms with E-state index in [0.717, 1.165) is 23.7 Å². The highest BCUT2D eigenvalue weighted by molar-refractivity contribution is 5.88. The second-order valence-electron chi connectivity index (χ2n) is 6.48. The maximum absolute atomic E-state index is 12.7. The van der Waals surface area contributed by atoms with E-state index in [1.165, 1.54) is 0 Å². The third-order valence-electron chi connectivity index (χ3n) is 4.55. The van der Waals surface area contributed by atoms with Crippen LogP contribution in [0.25, 0.3) is 10.9 Å². The number of carbonyl (C=O) groups excluding carboxylic acids is 2. The van der Waals surface area contributed by atoms with Gasteiger partial charge in [0.05, 0.1) is 5.52 Å². The van der Waals surface area contributed by atoms with Crippen molar-refractivity contribution in [2.75, 3.05) is 19.6 Å². The van der Waals surface area contributed by atoms with Gasteiger partial charge in [-0.15, -0.1) is 0 Å². The molecule has 1 atom stereocenters. The molecule has 0 radical (unpaired) electrons. The summed E-state index contributed by atoms with van der Waals surface area (Å²) >= 11 is 0. The van der Waals surface area contributed by atoms with E-state index in [2.05, 4.69) is 15.7 Å². The van der Waals surface area contributed by atoms with Gasteiger partial charge in [-0.3, -0.25) is 14.3 Å². The van der Waals surface area contributed by atoms with Gasteiger partial charge < -0.3 is 15.5 Å². The average Bonchev–Trinajstić information content (AvgIpc) is 3.31. The average molecular weight is 327 g/mol. The van der Waals surface area contributed by atoms with Crippen molar-refractivity contribution in [1.82, 2.24) is 25.3 Å². The molecule has 1 saturated heterocycles. The van der Waals surface area contributed by atoms with Crippen LogP contribution in [0.5, 0.6) is 0 Å². The number of hydrogen-bond acceptors (Lipinski definition) is 4. The first-order valence-corrected chi connectivity index (χ1v) is 8.43. The number of aromatic nitrogens is 2. The topological polar surface area (TPSA) is 79.3 Å². The normalized spacial score (nSPS) is 21.0. The van der Waals surface area contributed by atoms with Gasteiger partial charge in [0.25, 0.3) is 0 Å². The number of piperazine rings is 1. The van der Waals surface area contributed by atoms with Crippen molar-refractivity contribution in [3.8, 4) is 0 Å². The van der Waals surface area contributed by atoms with Gasteiger partial charge in [0.1, 0.15) is 12.6 Å². The molecule has 1 aliphatic carbocycles. The minimum absolute atomic E-state index is 0.0522. The maximum atomic E-state index is 12.7. The summed E-state index contributed by atoms with van der Waals surface area (Å²) in [5.74, 6) is -0.121. The molecule has 0 spiro atoms. The molecular weight excluding hydrogens is 306 g/mol. The Balaban J connectivity index is 1.47. The second kappa shape index (κ2) is 6.24. The molecule has 1 aliphatic heterocycles. The lowest BCUT2D eigenvalue weighted by Gasteiger charge is -2.35. The zero-order chi connectivity index (χ0) is 16.5. The van der Waals surface area contributed by atoms with E-state index in [1.54, 1.807) is 9.58 Å². The Labute approximate surface area is 140 Å². The molecule has 1 aromatic carbocycles. The molecule has 1 aromatic heterocycles. The molecule has 7 nitrogen and oxygen atoms in total. The van der Waals surface area contributed by atoms with Gasteiger partial charge in [-0.1, -0.05) is 18.2 Å². The van der Waals surface area contributed by atoms with Crippen LogP contribution in [0.3, 0.4) is 0 Å². The quantitative estimate of drug-likeness (QED) is 0.836. The molecule has 4 rings (SSSR count). The molecule has 2 aliphatic rings. The lowest BCUT2D eigenvalue weighted by atomic mass is 10.1. The number of carbonyl (C=O) groups is 2. The Bertz CT molecular complexity index is 734. The third kappa shape index (κ3) is 3.12. The van der Waals surface area contributed by atoms with Gasteiger partial charge in [-0.2, -0.15) is 5.10 Å². The van der Waals surface area contributed by atoms with E-state index >= 15 is 0 Å². The van der Waals surface area contributed by atoms with Gasteiger partial charge in [0.15, 0.2) is 0 Å². The van der Waals surface area contributed by atoms with E-state index in [4.69, 9.17) is 0 Å². The highest BCUT2D eigenvalue weighted by Gasteiger charge is 2.34. The number of benzene rings is 1. The van der Waals surface area contributed by atoms with Crippen molar-refractivity contribution in [2.45, 2.75) is 31.5 Å². The second-order valence-corrected chi connectivity index (χ2v) is 6.48. The summed E-state index contributed by atoms with van der Waals surface area (Å²) in [6, 6.07) is 7.64. The number of rotatable bonds is 4. The summed E-state index contributed by atoms with van der Waals surface area (Å²) in [6.45, 7) is 1.91. The van der Waals surface area contributed by atoms with Crippen molar-refractivity contribution in [2.24, 2.45) is 0 Å². The Morgan fingerprint density at radius 3 is 2.92 bits per heavy atom. The van der Waals surface area contributed by atoms with Gasteiger partial charge in [0, 0.05) is 37.3 Å². The van der Waals surface area contributed by atoms with E-state index < -0.39 is 6.04 Å². The van der Waals surface area contributed by atoms with Crippen molar-refractivity contribution in [1.29, 1.82) is 0 Å². The van der Waals surface area contributed by atoms with E-state index in [0.29, 0.717) is 25.7 Å². The van der Waals surface area contributed by atoms with E-state index in [9.17, 15) is 9.59 Å². The fraction of sp³-hybridized carbons (Fsp3) is 0.471. The van der Waals surface area contributed by atoms with Crippen LogP contribution in [0.1, 0.15) is 12.8 Å². The SMILES string of the molecule is O=C(NC1CC1)C1CNCCN1C(=O)Cn1cc2ccccc2n1. The van der Waals surface area contributed by atoms with Gasteiger partial charge in [0.2, 0.25) is 11.8 Å². The van der Waals surface area contributed by atoms with Crippen LogP contribution in [-0.4, -0.2) is 58.2 Å². The minimum Gasteiger partial charge on any atom is -0.352 e. The van der Waals surface area contributed by atoms with E-state index in [-0.39, 0.29) is 18.4 Å². The predicted molar refractivity (Wildman–Crippen MR) is 89.3 cm³/mol. The summed E-state index contributed by atoms with van der Waals surface area (Å²) < 4.78 is 1.66. The maximum Gasteiger partial charge on any atom is 0.245 e. The van der Waals surface area contributed by atoms with Crippen molar-refractivity contribution >= 4 is 22.7 Å². The molecular formula is C17H21N5O2. The Hall–Kier alpha value is -2.41. The van der Waals surface area contributed by atoms with Crippen LogP contribution in [0.2, 0.25) is 0 Å². The highest BCUT2D eigenvalue weighted by atomic mass is 16.2. The molecule has 1 saturated carbocycles. The third-order valence-corrected chi connectivity index (χ3v) is 4.55. The lowest BCUT2D eigenvalue weighted by molar-refractivity contribution is -0.142. The van der Waals surface area contributed by atoms with Crippen LogP contribution in [0, 0.1) is 0 Å². The first kappa shape index (κ1) is 15.1. The number of nitrogens with one attached hydrogen (secondary N) is 2. The molecule has 2 heterocycles. The highest BCUT2D eigenvalue weighted by Crippen LogP contribution is 2.19. The fourth-order valence-electron chi connectivity index (χ4n) is 3.09. The molecule has 7 heteroatoms. The van der Waals surface area contributed by atoms with Gasteiger partial charge in [-0.25, -0.2) is 0 Å². The lowest BCUT2D eigenvalue weighted by Crippen LogP contribution is -2.60. The van der Waals surface area contributed by atoms with Crippen molar-refractivity contribution < 1.29 is 9.59 Å². The fourth-order valence-corrected chi connectivity index (χ4v) is 3.09. The predicted octanol–water partition coefficient (Wildman–Crippen LogP) is 0.115. The van der Waals surface area contributed by atoms with Crippen molar-refractivity contribution in [3.63, 3.8) is 0 Å². The minimum atomic E-state index is -0.433. The molecule has 2 fully saturated rings. The number of fused-ring (bicyclic) bond motifs is 1. The summed E-state index contributed by atoms with van der Waals surface area (Å²) in [5.41, 5.74) is 0.869. The first-order valence-electron chi connectivity index (χ1n) is 8.43. The standard InChI is InChI=1S/C17H21N5O2/c23-16(11-21-10-12-3-1-2-4-14(12)20-21)22-8-7-18-9-15(22)17(24)19-13-5-6-13/h1-4,10,13,15,18H,5-9,11H2,(H,19,24). The van der Waals surface area contributed by atoms with Crippen LogP contribution >= 0.6 is 0 Å². The summed E-state index contributed by atoms with van der Waals surface area (Å²) in [7, 11) is 0. The van der Waals surface area contributed by atoms with Crippen LogP contribution in [0.4, 0.5) is 0 Å².